The van der Waals surface area contributed by atoms with Crippen LogP contribution in [0.5, 0.6) is 5.75 Å². The van der Waals surface area contributed by atoms with Gasteiger partial charge >= 0.3 is 12.1 Å². The van der Waals surface area contributed by atoms with Crippen LogP contribution >= 0.6 is 0 Å². The number of benzene rings is 1. The van der Waals surface area contributed by atoms with Crippen LogP contribution in [0.4, 0.5) is 4.79 Å². The second-order valence-corrected chi connectivity index (χ2v) is 5.98. The van der Waals surface area contributed by atoms with Crippen molar-refractivity contribution in [2.45, 2.75) is 38.9 Å². The summed E-state index contributed by atoms with van der Waals surface area (Å²) in [7, 11) is 0. The monoisotopic (exact) mass is 325 g/mol. The average Bonchev–Trinajstić information content (AvgIpc) is 2.43. The molecule has 1 amide bonds. The smallest absolute Gasteiger partial charge is 0.407 e. The summed E-state index contributed by atoms with van der Waals surface area (Å²) in [5.41, 5.74) is 0.153. The van der Waals surface area contributed by atoms with Crippen LogP contribution in [-0.2, 0) is 16.0 Å². The molecule has 0 spiro atoms. The SMILES string of the molecule is CC(C)(C)OC(=O)NCCOc1ccc(CC(O)C(=O)O)cc1. The van der Waals surface area contributed by atoms with Gasteiger partial charge in [0.1, 0.15) is 18.0 Å². The maximum Gasteiger partial charge on any atom is 0.407 e. The first kappa shape index (κ1) is 18.8. The number of carbonyl (C=O) groups is 2. The molecule has 1 aromatic carbocycles. The standard InChI is InChI=1S/C16H23NO6/c1-16(2,3)23-15(21)17-8-9-22-12-6-4-11(5-7-12)10-13(18)14(19)20/h4-7,13,18H,8-10H2,1-3H3,(H,17,21)(H,19,20). The van der Waals surface area contributed by atoms with Gasteiger partial charge in [0.05, 0.1) is 6.54 Å². The van der Waals surface area contributed by atoms with E-state index in [1.807, 2.05) is 0 Å². The van der Waals surface area contributed by atoms with E-state index in [-0.39, 0.29) is 13.0 Å². The molecule has 128 valence electrons. The fraction of sp³-hybridized carbons (Fsp3) is 0.500. The number of nitrogens with one attached hydrogen (secondary N) is 1. The second kappa shape index (κ2) is 8.38. The van der Waals surface area contributed by atoms with Gasteiger partial charge in [0.15, 0.2) is 6.10 Å². The molecule has 1 rings (SSSR count). The zero-order valence-electron chi connectivity index (χ0n) is 13.5. The van der Waals surface area contributed by atoms with Gasteiger partial charge in [-0.3, -0.25) is 0 Å². The number of carbonyl (C=O) groups excluding carboxylic acids is 1. The molecule has 0 aliphatic carbocycles. The summed E-state index contributed by atoms with van der Waals surface area (Å²) in [4.78, 5) is 22.0. The van der Waals surface area contributed by atoms with Gasteiger partial charge in [0.2, 0.25) is 0 Å². The Bertz CT molecular complexity index is 520. The molecule has 0 radical (unpaired) electrons. The number of aliphatic hydroxyl groups is 1. The molecule has 3 N–H and O–H groups in total. The van der Waals surface area contributed by atoms with E-state index in [0.29, 0.717) is 17.9 Å². The molecule has 7 nitrogen and oxygen atoms in total. The molecular weight excluding hydrogens is 302 g/mol. The van der Waals surface area contributed by atoms with E-state index in [1.165, 1.54) is 0 Å². The van der Waals surface area contributed by atoms with Gasteiger partial charge < -0.3 is 25.0 Å². The molecule has 7 heteroatoms. The third-order valence-electron chi connectivity index (χ3n) is 2.68. The minimum absolute atomic E-state index is 0.0375. The van der Waals surface area contributed by atoms with E-state index in [2.05, 4.69) is 5.32 Å². The number of hydrogen-bond donors (Lipinski definition) is 3. The van der Waals surface area contributed by atoms with Crippen molar-refractivity contribution >= 4 is 12.1 Å². The van der Waals surface area contributed by atoms with Crippen LogP contribution < -0.4 is 10.1 Å². The lowest BCUT2D eigenvalue weighted by molar-refractivity contribution is -0.146. The zero-order chi connectivity index (χ0) is 17.5. The van der Waals surface area contributed by atoms with Crippen molar-refractivity contribution < 1.29 is 29.3 Å². The number of ether oxygens (including phenoxy) is 2. The lowest BCUT2D eigenvalue weighted by Gasteiger charge is -2.19. The van der Waals surface area contributed by atoms with Crippen LogP contribution in [-0.4, -0.2) is 47.1 Å². The van der Waals surface area contributed by atoms with Crippen molar-refractivity contribution in [1.82, 2.24) is 5.32 Å². The van der Waals surface area contributed by atoms with E-state index in [1.54, 1.807) is 45.0 Å². The Labute approximate surface area is 135 Å². The summed E-state index contributed by atoms with van der Waals surface area (Å²) in [6.07, 6.45) is -1.88. The summed E-state index contributed by atoms with van der Waals surface area (Å²) in [6.45, 7) is 5.93. The Morgan fingerprint density at radius 3 is 2.35 bits per heavy atom. The highest BCUT2D eigenvalue weighted by Gasteiger charge is 2.15. The van der Waals surface area contributed by atoms with Crippen LogP contribution in [0.15, 0.2) is 24.3 Å². The molecule has 0 saturated heterocycles. The first-order chi connectivity index (χ1) is 10.7. The highest BCUT2D eigenvalue weighted by atomic mass is 16.6. The maximum absolute atomic E-state index is 11.4. The van der Waals surface area contributed by atoms with Crippen LogP contribution in [0.25, 0.3) is 0 Å². The molecule has 0 aliphatic heterocycles. The minimum atomic E-state index is -1.42. The number of carboxylic acid groups (broad SMARTS) is 1. The van der Waals surface area contributed by atoms with E-state index in [9.17, 15) is 14.7 Å². The fourth-order valence-electron chi connectivity index (χ4n) is 1.67. The van der Waals surface area contributed by atoms with Crippen LogP contribution in [0.1, 0.15) is 26.3 Å². The number of aliphatic hydroxyl groups excluding tert-OH is 1. The zero-order valence-corrected chi connectivity index (χ0v) is 13.5. The van der Waals surface area contributed by atoms with E-state index < -0.39 is 23.8 Å². The van der Waals surface area contributed by atoms with E-state index in [4.69, 9.17) is 14.6 Å². The van der Waals surface area contributed by atoms with E-state index >= 15 is 0 Å². The number of amides is 1. The molecule has 1 aromatic rings. The molecule has 0 aliphatic rings. The fourth-order valence-corrected chi connectivity index (χ4v) is 1.67. The molecule has 0 saturated carbocycles. The van der Waals surface area contributed by atoms with Crippen molar-refractivity contribution in [3.63, 3.8) is 0 Å². The Morgan fingerprint density at radius 1 is 1.22 bits per heavy atom. The van der Waals surface area contributed by atoms with Gasteiger partial charge in [0, 0.05) is 6.42 Å². The predicted octanol–water partition coefficient (Wildman–Crippen LogP) is 1.58. The summed E-state index contributed by atoms with van der Waals surface area (Å²) >= 11 is 0. The van der Waals surface area contributed by atoms with Crippen LogP contribution in [0.2, 0.25) is 0 Å². The molecule has 1 unspecified atom stereocenters. The van der Waals surface area contributed by atoms with Gasteiger partial charge in [-0.25, -0.2) is 9.59 Å². The van der Waals surface area contributed by atoms with Crippen molar-refractivity contribution in [1.29, 1.82) is 0 Å². The van der Waals surface area contributed by atoms with Crippen molar-refractivity contribution in [2.24, 2.45) is 0 Å². The molecule has 0 fully saturated rings. The molecular formula is C16H23NO6. The summed E-state index contributed by atoms with van der Waals surface area (Å²) in [5.74, 6) is -0.664. The topological polar surface area (TPSA) is 105 Å². The lowest BCUT2D eigenvalue weighted by Crippen LogP contribution is -2.34. The third kappa shape index (κ3) is 8.06. The van der Waals surface area contributed by atoms with Crippen LogP contribution in [0.3, 0.4) is 0 Å². The maximum atomic E-state index is 11.4. The number of carboxylic acids is 1. The van der Waals surface area contributed by atoms with Gasteiger partial charge in [-0.15, -0.1) is 0 Å². The average molecular weight is 325 g/mol. The number of hydrogen-bond acceptors (Lipinski definition) is 5. The largest absolute Gasteiger partial charge is 0.492 e. The Hall–Kier alpha value is -2.28. The predicted molar refractivity (Wildman–Crippen MR) is 83.5 cm³/mol. The Morgan fingerprint density at radius 2 is 1.83 bits per heavy atom. The van der Waals surface area contributed by atoms with Gasteiger partial charge in [-0.05, 0) is 38.5 Å². The Balaban J connectivity index is 2.31. The highest BCUT2D eigenvalue weighted by molar-refractivity contribution is 5.72. The van der Waals surface area contributed by atoms with Gasteiger partial charge in [-0.2, -0.15) is 0 Å². The summed E-state index contributed by atoms with van der Waals surface area (Å²) < 4.78 is 10.5. The summed E-state index contributed by atoms with van der Waals surface area (Å²) in [5, 5.41) is 20.5. The third-order valence-corrected chi connectivity index (χ3v) is 2.68. The normalized spacial score (nSPS) is 12.3. The number of aliphatic carboxylic acids is 1. The van der Waals surface area contributed by atoms with Crippen molar-refractivity contribution in [3.05, 3.63) is 29.8 Å². The minimum Gasteiger partial charge on any atom is -0.492 e. The van der Waals surface area contributed by atoms with Crippen molar-refractivity contribution in [2.75, 3.05) is 13.2 Å². The number of alkyl carbamates (subject to hydrolysis) is 1. The molecule has 0 aromatic heterocycles. The number of rotatable bonds is 7. The van der Waals surface area contributed by atoms with Crippen molar-refractivity contribution in [3.8, 4) is 5.75 Å². The van der Waals surface area contributed by atoms with Gasteiger partial charge in [-0.1, -0.05) is 12.1 Å². The lowest BCUT2D eigenvalue weighted by atomic mass is 10.1. The molecule has 23 heavy (non-hydrogen) atoms. The first-order valence-electron chi connectivity index (χ1n) is 7.27. The molecule has 0 bridgehead atoms. The molecule has 1 atom stereocenters. The van der Waals surface area contributed by atoms with Crippen LogP contribution in [0, 0.1) is 0 Å². The second-order valence-electron chi connectivity index (χ2n) is 5.98. The van der Waals surface area contributed by atoms with Gasteiger partial charge in [0.25, 0.3) is 0 Å². The highest BCUT2D eigenvalue weighted by Crippen LogP contribution is 2.13. The van der Waals surface area contributed by atoms with E-state index in [0.717, 1.165) is 0 Å². The Kier molecular flexibility index (Phi) is 6.84. The molecule has 0 heterocycles. The first-order valence-corrected chi connectivity index (χ1v) is 7.27. The quantitative estimate of drug-likeness (QED) is 0.657. The summed E-state index contributed by atoms with van der Waals surface area (Å²) in [6, 6.07) is 6.72.